The minimum atomic E-state index is -1.40. The van der Waals surface area contributed by atoms with Crippen LogP contribution in [0.15, 0.2) is 12.2 Å². The topological polar surface area (TPSA) is 153 Å². The first-order chi connectivity index (χ1) is 12.8. The van der Waals surface area contributed by atoms with Crippen molar-refractivity contribution in [2.75, 3.05) is 13.2 Å². The van der Waals surface area contributed by atoms with Crippen LogP contribution >= 0.6 is 0 Å². The van der Waals surface area contributed by atoms with Crippen LogP contribution in [0.1, 0.15) is 45.4 Å². The summed E-state index contributed by atoms with van der Waals surface area (Å²) in [6.07, 6.45) is 1.29. The predicted octanol–water partition coefficient (Wildman–Crippen LogP) is -0.0609. The van der Waals surface area contributed by atoms with Gasteiger partial charge in [-0.25, -0.2) is 14.4 Å². The Balaban J connectivity index is 3.90. The molecule has 0 saturated carbocycles. The average molecular weight is 388 g/mol. The molecular formula is C17H24O10. The minimum absolute atomic E-state index is 0.0109. The number of esters is 5. The fourth-order valence-electron chi connectivity index (χ4n) is 1.56. The molecule has 0 saturated heterocycles. The van der Waals surface area contributed by atoms with E-state index in [4.69, 9.17) is 14.9 Å². The summed E-state index contributed by atoms with van der Waals surface area (Å²) < 4.78 is 13.5. The predicted molar refractivity (Wildman–Crippen MR) is 88.8 cm³/mol. The van der Waals surface area contributed by atoms with E-state index in [9.17, 15) is 24.0 Å². The lowest BCUT2D eigenvalue weighted by Gasteiger charge is -2.04. The second-order valence-corrected chi connectivity index (χ2v) is 5.40. The molecule has 0 aromatic heterocycles. The number of rotatable bonds is 12. The van der Waals surface area contributed by atoms with Gasteiger partial charge in [-0.1, -0.05) is 0 Å². The van der Waals surface area contributed by atoms with Crippen LogP contribution in [0, 0.1) is 0 Å². The molecular weight excluding hydrogens is 364 g/mol. The summed E-state index contributed by atoms with van der Waals surface area (Å²) in [6, 6.07) is 0. The Morgan fingerprint density at radius 3 is 1.96 bits per heavy atom. The Morgan fingerprint density at radius 1 is 0.852 bits per heavy atom. The zero-order valence-electron chi connectivity index (χ0n) is 15.0. The number of carbonyl (C=O) groups excluding carboxylic acids is 5. The maximum atomic E-state index is 11.4. The van der Waals surface area contributed by atoms with Crippen molar-refractivity contribution in [2.45, 2.75) is 51.6 Å². The lowest BCUT2D eigenvalue weighted by atomic mass is 10.2. The molecule has 27 heavy (non-hydrogen) atoms. The summed E-state index contributed by atoms with van der Waals surface area (Å²) in [5.74, 6) is -4.53. The Hall–Kier alpha value is -2.59. The first-order valence-electron chi connectivity index (χ1n) is 8.39. The SMILES string of the molecule is CC(O)C(=O)OC(=O)CCCCC(=O)OC(=O)/C=C\C(=O)OCCCCO. The van der Waals surface area contributed by atoms with Gasteiger partial charge in [0.05, 0.1) is 6.61 Å². The molecule has 0 aliphatic rings. The van der Waals surface area contributed by atoms with Crippen LogP contribution < -0.4 is 0 Å². The molecule has 0 heterocycles. The summed E-state index contributed by atoms with van der Waals surface area (Å²) in [5, 5.41) is 17.4. The molecule has 152 valence electrons. The number of aliphatic hydroxyl groups excluding tert-OH is 2. The molecule has 10 nitrogen and oxygen atoms in total. The quantitative estimate of drug-likeness (QED) is 0.153. The highest BCUT2D eigenvalue weighted by molar-refractivity contribution is 5.96. The summed E-state index contributed by atoms with van der Waals surface area (Å²) >= 11 is 0. The number of hydrogen-bond donors (Lipinski definition) is 2. The summed E-state index contributed by atoms with van der Waals surface area (Å²) in [5.41, 5.74) is 0. The van der Waals surface area contributed by atoms with Gasteiger partial charge in [0, 0.05) is 31.6 Å². The Labute approximate surface area is 156 Å². The lowest BCUT2D eigenvalue weighted by Crippen LogP contribution is -2.22. The Bertz CT molecular complexity index is 550. The van der Waals surface area contributed by atoms with E-state index < -0.39 is 36.0 Å². The standard InChI is InChI=1S/C17H24O10/c1-12(19)17(24)27-15(22)7-3-2-6-14(21)26-16(23)9-8-13(20)25-11-5-4-10-18/h8-9,12,18-19H,2-7,10-11H2,1H3/b9-8-. The van der Waals surface area contributed by atoms with Crippen molar-refractivity contribution in [3.63, 3.8) is 0 Å². The third-order valence-electron chi connectivity index (χ3n) is 2.93. The first kappa shape index (κ1) is 24.4. The third-order valence-corrected chi connectivity index (χ3v) is 2.93. The molecule has 0 aromatic rings. The Morgan fingerprint density at radius 2 is 1.41 bits per heavy atom. The van der Waals surface area contributed by atoms with Gasteiger partial charge < -0.3 is 24.4 Å². The van der Waals surface area contributed by atoms with E-state index in [2.05, 4.69) is 9.47 Å². The first-order valence-corrected chi connectivity index (χ1v) is 8.39. The second kappa shape index (κ2) is 14.6. The zero-order valence-corrected chi connectivity index (χ0v) is 15.0. The molecule has 0 fully saturated rings. The van der Waals surface area contributed by atoms with Crippen LogP contribution in [0.3, 0.4) is 0 Å². The van der Waals surface area contributed by atoms with Crippen LogP contribution in [0.2, 0.25) is 0 Å². The molecule has 1 unspecified atom stereocenters. The fourth-order valence-corrected chi connectivity index (χ4v) is 1.56. The average Bonchev–Trinajstić information content (AvgIpc) is 2.60. The highest BCUT2D eigenvalue weighted by Crippen LogP contribution is 2.04. The molecule has 0 amide bonds. The van der Waals surface area contributed by atoms with Gasteiger partial charge in [-0.15, -0.1) is 0 Å². The maximum Gasteiger partial charge on any atom is 0.342 e. The maximum absolute atomic E-state index is 11.4. The van der Waals surface area contributed by atoms with Gasteiger partial charge in [-0.05, 0) is 32.6 Å². The normalized spacial score (nSPS) is 11.7. The van der Waals surface area contributed by atoms with Crippen molar-refractivity contribution < 1.29 is 48.4 Å². The van der Waals surface area contributed by atoms with Gasteiger partial charge >= 0.3 is 29.8 Å². The van der Waals surface area contributed by atoms with Crippen LogP contribution in [0.4, 0.5) is 0 Å². The lowest BCUT2D eigenvalue weighted by molar-refractivity contribution is -0.165. The fraction of sp³-hybridized carbons (Fsp3) is 0.588. The monoisotopic (exact) mass is 388 g/mol. The third kappa shape index (κ3) is 14.3. The number of ether oxygens (including phenoxy) is 3. The van der Waals surface area contributed by atoms with Crippen LogP contribution in [-0.2, 0) is 38.2 Å². The van der Waals surface area contributed by atoms with E-state index in [1.165, 1.54) is 0 Å². The molecule has 0 bridgehead atoms. The molecule has 2 N–H and O–H groups in total. The molecule has 0 aliphatic heterocycles. The highest BCUT2D eigenvalue weighted by atomic mass is 16.6. The van der Waals surface area contributed by atoms with Crippen molar-refractivity contribution in [3.8, 4) is 0 Å². The van der Waals surface area contributed by atoms with Gasteiger partial charge in [0.25, 0.3) is 0 Å². The van der Waals surface area contributed by atoms with E-state index in [-0.39, 0.29) is 38.9 Å². The number of hydrogen-bond acceptors (Lipinski definition) is 10. The van der Waals surface area contributed by atoms with E-state index in [0.717, 1.165) is 19.1 Å². The van der Waals surface area contributed by atoms with Crippen molar-refractivity contribution in [1.82, 2.24) is 0 Å². The largest absolute Gasteiger partial charge is 0.463 e. The summed E-state index contributed by atoms with van der Waals surface area (Å²) in [6.45, 7) is 1.25. The van der Waals surface area contributed by atoms with Crippen LogP contribution in [-0.4, -0.2) is 59.4 Å². The molecule has 0 aromatic carbocycles. The Kier molecular flexibility index (Phi) is 13.2. The van der Waals surface area contributed by atoms with Gasteiger partial charge in [0.2, 0.25) is 0 Å². The summed E-state index contributed by atoms with van der Waals surface area (Å²) in [4.78, 5) is 56.2. The smallest absolute Gasteiger partial charge is 0.342 e. The zero-order chi connectivity index (χ0) is 20.7. The van der Waals surface area contributed by atoms with Crippen molar-refractivity contribution in [3.05, 3.63) is 12.2 Å². The number of aliphatic hydroxyl groups is 2. The van der Waals surface area contributed by atoms with E-state index >= 15 is 0 Å². The second-order valence-electron chi connectivity index (χ2n) is 5.40. The molecule has 0 rings (SSSR count). The van der Waals surface area contributed by atoms with Crippen molar-refractivity contribution in [2.24, 2.45) is 0 Å². The van der Waals surface area contributed by atoms with Crippen LogP contribution in [0.25, 0.3) is 0 Å². The van der Waals surface area contributed by atoms with Gasteiger partial charge in [0.1, 0.15) is 6.10 Å². The minimum Gasteiger partial charge on any atom is -0.463 e. The molecule has 0 aliphatic carbocycles. The molecule has 1 atom stereocenters. The van der Waals surface area contributed by atoms with Gasteiger partial charge in [0.15, 0.2) is 0 Å². The van der Waals surface area contributed by atoms with Crippen molar-refractivity contribution in [1.29, 1.82) is 0 Å². The van der Waals surface area contributed by atoms with E-state index in [0.29, 0.717) is 12.8 Å². The highest BCUT2D eigenvalue weighted by Gasteiger charge is 2.15. The molecule has 0 radical (unpaired) electrons. The number of unbranched alkanes of at least 4 members (excludes halogenated alkanes) is 2. The van der Waals surface area contributed by atoms with Gasteiger partial charge in [-0.2, -0.15) is 0 Å². The van der Waals surface area contributed by atoms with Crippen molar-refractivity contribution >= 4 is 29.8 Å². The van der Waals surface area contributed by atoms with E-state index in [1.807, 2.05) is 0 Å². The summed E-state index contributed by atoms with van der Waals surface area (Å²) in [7, 11) is 0. The number of carbonyl (C=O) groups is 5. The van der Waals surface area contributed by atoms with E-state index in [1.54, 1.807) is 0 Å². The van der Waals surface area contributed by atoms with Crippen LogP contribution in [0.5, 0.6) is 0 Å². The molecule has 10 heteroatoms. The molecule has 0 spiro atoms. The van der Waals surface area contributed by atoms with Gasteiger partial charge in [-0.3, -0.25) is 9.59 Å².